The van der Waals surface area contributed by atoms with Gasteiger partial charge in [0.15, 0.2) is 0 Å². The number of aromatic amines is 1. The highest BCUT2D eigenvalue weighted by atomic mass is 32.2. The smallest absolute Gasteiger partial charge is 0.248 e. The first-order chi connectivity index (χ1) is 12.8. The summed E-state index contributed by atoms with van der Waals surface area (Å²) in [5.74, 6) is 0.320. The summed E-state index contributed by atoms with van der Waals surface area (Å²) >= 11 is 0. The number of fused-ring (bicyclic) bond motifs is 1. The zero-order valence-electron chi connectivity index (χ0n) is 16.1. The molecule has 1 fully saturated rings. The summed E-state index contributed by atoms with van der Waals surface area (Å²) in [4.78, 5) is 16.9. The Morgan fingerprint density at radius 3 is 2.85 bits per heavy atom. The Hall–Kier alpha value is -1.74. The van der Waals surface area contributed by atoms with Crippen molar-refractivity contribution in [3.05, 3.63) is 40.2 Å². The molecule has 1 aromatic carbocycles. The van der Waals surface area contributed by atoms with Crippen molar-refractivity contribution < 1.29 is 13.2 Å². The molecule has 27 heavy (non-hydrogen) atoms. The highest BCUT2D eigenvalue weighted by Gasteiger charge is 2.28. The van der Waals surface area contributed by atoms with Gasteiger partial charge in [-0.3, -0.25) is 4.79 Å². The van der Waals surface area contributed by atoms with Crippen LogP contribution in [0.2, 0.25) is 0 Å². The molecule has 1 saturated heterocycles. The second-order valence-corrected chi connectivity index (χ2v) is 9.30. The Kier molecular flexibility index (Phi) is 6.00. The molecule has 0 saturated carbocycles. The fourth-order valence-corrected chi connectivity index (χ4v) is 4.96. The van der Waals surface area contributed by atoms with Gasteiger partial charge in [0.2, 0.25) is 15.6 Å². The molecule has 1 aromatic heterocycles. The van der Waals surface area contributed by atoms with Gasteiger partial charge in [-0.15, -0.1) is 0 Å². The first-order valence-electron chi connectivity index (χ1n) is 9.12. The Labute approximate surface area is 160 Å². The molecule has 0 amide bonds. The number of nitrogens with zero attached hydrogens (tertiary/aromatic N) is 2. The van der Waals surface area contributed by atoms with Gasteiger partial charge in [-0.1, -0.05) is 0 Å². The summed E-state index contributed by atoms with van der Waals surface area (Å²) in [7, 11) is -0.256. The number of rotatable bonds is 7. The lowest BCUT2D eigenvalue weighted by Crippen LogP contribution is -2.33. The molecule has 3 rings (SSSR count). The van der Waals surface area contributed by atoms with E-state index in [9.17, 15) is 13.2 Å². The largest absolute Gasteiger partial charge is 0.383 e. The standard InChI is InChI=1S/C19H27N3O4S/c1-14-10-19(23)20-18-5-4-16(11-17(14)18)27(24,25)21(2)12-15-6-7-22(13-15)8-9-26-3/h4-5,10-11,15H,6-9,12-13H2,1-3H3,(H,20,23). The summed E-state index contributed by atoms with van der Waals surface area (Å²) in [5.41, 5.74) is 1.22. The monoisotopic (exact) mass is 393 g/mol. The van der Waals surface area contributed by atoms with Crippen LogP contribution in [0.15, 0.2) is 34.0 Å². The van der Waals surface area contributed by atoms with E-state index in [0.29, 0.717) is 24.6 Å². The molecule has 8 heteroatoms. The van der Waals surface area contributed by atoms with Gasteiger partial charge in [0, 0.05) is 50.8 Å². The average Bonchev–Trinajstić information content (AvgIpc) is 3.06. The van der Waals surface area contributed by atoms with Crippen LogP contribution in [-0.2, 0) is 14.8 Å². The van der Waals surface area contributed by atoms with Crippen LogP contribution in [0.25, 0.3) is 10.9 Å². The number of sulfonamides is 1. The minimum absolute atomic E-state index is 0.188. The van der Waals surface area contributed by atoms with Gasteiger partial charge < -0.3 is 14.6 Å². The van der Waals surface area contributed by atoms with Crippen LogP contribution in [0.3, 0.4) is 0 Å². The van der Waals surface area contributed by atoms with E-state index >= 15 is 0 Å². The maximum absolute atomic E-state index is 13.0. The molecular weight excluding hydrogens is 366 g/mol. The number of methoxy groups -OCH3 is 1. The van der Waals surface area contributed by atoms with Crippen LogP contribution in [0.5, 0.6) is 0 Å². The summed E-state index contributed by atoms with van der Waals surface area (Å²) in [6.45, 7) is 5.75. The van der Waals surface area contributed by atoms with E-state index in [4.69, 9.17) is 4.74 Å². The predicted octanol–water partition coefficient (Wildman–Crippen LogP) is 1.43. The van der Waals surface area contributed by atoms with Crippen molar-refractivity contribution in [2.45, 2.75) is 18.2 Å². The molecule has 7 nitrogen and oxygen atoms in total. The fraction of sp³-hybridized carbons (Fsp3) is 0.526. The first-order valence-corrected chi connectivity index (χ1v) is 10.6. The molecule has 1 N–H and O–H groups in total. The summed E-state index contributed by atoms with van der Waals surface area (Å²) in [6.07, 6.45) is 0.988. The lowest BCUT2D eigenvalue weighted by atomic mass is 10.1. The number of hydrogen-bond acceptors (Lipinski definition) is 5. The number of nitrogens with one attached hydrogen (secondary N) is 1. The molecule has 148 valence electrons. The third-order valence-electron chi connectivity index (χ3n) is 5.23. The van der Waals surface area contributed by atoms with Crippen LogP contribution in [-0.4, -0.2) is 69.6 Å². The zero-order valence-corrected chi connectivity index (χ0v) is 16.9. The van der Waals surface area contributed by atoms with Crippen molar-refractivity contribution >= 4 is 20.9 Å². The second kappa shape index (κ2) is 8.10. The van der Waals surface area contributed by atoms with Crippen LogP contribution < -0.4 is 5.56 Å². The quantitative estimate of drug-likeness (QED) is 0.769. The van der Waals surface area contributed by atoms with Crippen LogP contribution in [0.1, 0.15) is 12.0 Å². The number of hydrogen-bond donors (Lipinski definition) is 1. The van der Waals surface area contributed by atoms with E-state index < -0.39 is 10.0 Å². The number of H-pyrrole nitrogens is 1. The Balaban J connectivity index is 1.76. The first kappa shape index (κ1) is 20.0. The highest BCUT2D eigenvalue weighted by molar-refractivity contribution is 7.89. The van der Waals surface area contributed by atoms with Gasteiger partial charge in [-0.25, -0.2) is 12.7 Å². The number of likely N-dealkylation sites (tertiary alicyclic amines) is 1. The van der Waals surface area contributed by atoms with Crippen molar-refractivity contribution in [2.24, 2.45) is 5.92 Å². The van der Waals surface area contributed by atoms with Gasteiger partial charge in [0.25, 0.3) is 0 Å². The molecule has 0 radical (unpaired) electrons. The highest BCUT2D eigenvalue weighted by Crippen LogP contribution is 2.24. The van der Waals surface area contributed by atoms with E-state index in [1.54, 1.807) is 32.4 Å². The van der Waals surface area contributed by atoms with Crippen molar-refractivity contribution in [1.29, 1.82) is 0 Å². The lowest BCUT2D eigenvalue weighted by Gasteiger charge is -2.22. The van der Waals surface area contributed by atoms with E-state index in [-0.39, 0.29) is 10.5 Å². The third kappa shape index (κ3) is 4.40. The molecule has 2 heterocycles. The molecule has 0 aliphatic carbocycles. The van der Waals surface area contributed by atoms with Crippen molar-refractivity contribution in [3.63, 3.8) is 0 Å². The second-order valence-electron chi connectivity index (χ2n) is 7.26. The number of pyridine rings is 1. The topological polar surface area (TPSA) is 82.7 Å². The number of benzene rings is 1. The number of aryl methyl sites for hydroxylation is 1. The zero-order chi connectivity index (χ0) is 19.6. The molecule has 2 aromatic rings. The maximum Gasteiger partial charge on any atom is 0.248 e. The maximum atomic E-state index is 13.0. The van der Waals surface area contributed by atoms with Crippen LogP contribution in [0.4, 0.5) is 0 Å². The van der Waals surface area contributed by atoms with Gasteiger partial charge in [-0.2, -0.15) is 0 Å². The molecule has 0 spiro atoms. The minimum Gasteiger partial charge on any atom is -0.383 e. The van der Waals surface area contributed by atoms with Gasteiger partial charge >= 0.3 is 0 Å². The molecule has 1 unspecified atom stereocenters. The lowest BCUT2D eigenvalue weighted by molar-refractivity contribution is 0.158. The van der Waals surface area contributed by atoms with Gasteiger partial charge in [-0.05, 0) is 49.6 Å². The average molecular weight is 394 g/mol. The van der Waals surface area contributed by atoms with Crippen molar-refractivity contribution in [3.8, 4) is 0 Å². The summed E-state index contributed by atoms with van der Waals surface area (Å²) in [6, 6.07) is 6.34. The predicted molar refractivity (Wildman–Crippen MR) is 106 cm³/mol. The van der Waals surface area contributed by atoms with Gasteiger partial charge in [0.1, 0.15) is 0 Å². The number of ether oxygens (including phenoxy) is 1. The molecule has 0 bridgehead atoms. The Morgan fingerprint density at radius 2 is 2.11 bits per heavy atom. The SMILES string of the molecule is COCCN1CCC(CN(C)S(=O)(=O)c2ccc3[nH]c(=O)cc(C)c3c2)C1. The Morgan fingerprint density at radius 1 is 1.33 bits per heavy atom. The number of aromatic nitrogens is 1. The molecule has 1 aliphatic heterocycles. The summed E-state index contributed by atoms with van der Waals surface area (Å²) in [5, 5.41) is 0.746. The van der Waals surface area contributed by atoms with E-state index in [1.807, 2.05) is 6.92 Å². The van der Waals surface area contributed by atoms with E-state index in [2.05, 4.69) is 9.88 Å². The molecule has 1 atom stereocenters. The Bertz CT molecular complexity index is 971. The summed E-state index contributed by atoms with van der Waals surface area (Å²) < 4.78 is 32.6. The third-order valence-corrected chi connectivity index (χ3v) is 7.05. The normalized spacial score (nSPS) is 18.6. The van der Waals surface area contributed by atoms with Crippen molar-refractivity contribution in [1.82, 2.24) is 14.2 Å². The van der Waals surface area contributed by atoms with Gasteiger partial charge in [0.05, 0.1) is 11.5 Å². The molecular formula is C19H27N3O4S. The van der Waals surface area contributed by atoms with E-state index in [0.717, 1.165) is 37.0 Å². The van der Waals surface area contributed by atoms with E-state index in [1.165, 1.54) is 10.4 Å². The van der Waals surface area contributed by atoms with Crippen LogP contribution in [0, 0.1) is 12.8 Å². The minimum atomic E-state index is -3.58. The van der Waals surface area contributed by atoms with Crippen molar-refractivity contribution in [2.75, 3.05) is 46.9 Å². The molecule has 1 aliphatic rings. The van der Waals surface area contributed by atoms with Crippen LogP contribution >= 0.6 is 0 Å². The fourth-order valence-electron chi connectivity index (χ4n) is 3.69.